The van der Waals surface area contributed by atoms with Gasteiger partial charge >= 0.3 is 0 Å². The Morgan fingerprint density at radius 2 is 2.29 bits per heavy atom. The largest absolute Gasteiger partial charge is 0.362 e. The molecule has 0 saturated heterocycles. The standard InChI is InChI=1S/C9H5BrN4/c1-11-9-2-3-13-14(9)8-4-7(10)5-12-6-8/h2-6H. The van der Waals surface area contributed by atoms with Crippen molar-refractivity contribution in [3.8, 4) is 5.69 Å². The summed E-state index contributed by atoms with van der Waals surface area (Å²) >= 11 is 3.31. The molecule has 0 aliphatic carbocycles. The minimum absolute atomic E-state index is 0.477. The molecule has 0 N–H and O–H groups in total. The van der Waals surface area contributed by atoms with Gasteiger partial charge in [-0.3, -0.25) is 4.98 Å². The number of rotatable bonds is 1. The monoisotopic (exact) mass is 248 g/mol. The van der Waals surface area contributed by atoms with Crippen molar-refractivity contribution >= 4 is 21.7 Å². The van der Waals surface area contributed by atoms with E-state index in [4.69, 9.17) is 6.57 Å². The maximum atomic E-state index is 6.94. The van der Waals surface area contributed by atoms with E-state index in [-0.39, 0.29) is 0 Å². The first-order valence-electron chi connectivity index (χ1n) is 3.83. The van der Waals surface area contributed by atoms with Crippen LogP contribution in [-0.4, -0.2) is 14.8 Å². The van der Waals surface area contributed by atoms with Crippen LogP contribution in [-0.2, 0) is 0 Å². The number of aromatic nitrogens is 3. The van der Waals surface area contributed by atoms with Crippen LogP contribution in [0.25, 0.3) is 10.5 Å². The lowest BCUT2D eigenvalue weighted by Gasteiger charge is -1.98. The van der Waals surface area contributed by atoms with E-state index in [9.17, 15) is 0 Å². The van der Waals surface area contributed by atoms with Crippen LogP contribution in [0.1, 0.15) is 0 Å². The van der Waals surface area contributed by atoms with Crippen LogP contribution >= 0.6 is 15.9 Å². The van der Waals surface area contributed by atoms with Crippen molar-refractivity contribution in [1.29, 1.82) is 0 Å². The van der Waals surface area contributed by atoms with Gasteiger partial charge in [-0.05, 0) is 22.0 Å². The maximum Gasteiger partial charge on any atom is 0.257 e. The Bertz CT molecular complexity index is 498. The van der Waals surface area contributed by atoms with Gasteiger partial charge in [0.05, 0.1) is 12.4 Å². The third-order valence-electron chi connectivity index (χ3n) is 1.67. The van der Waals surface area contributed by atoms with Gasteiger partial charge in [0.15, 0.2) is 5.69 Å². The van der Waals surface area contributed by atoms with Crippen LogP contribution in [0.3, 0.4) is 0 Å². The molecule has 4 nitrogen and oxygen atoms in total. The highest BCUT2D eigenvalue weighted by Crippen LogP contribution is 2.19. The zero-order chi connectivity index (χ0) is 9.97. The Morgan fingerprint density at radius 3 is 3.00 bits per heavy atom. The first kappa shape index (κ1) is 8.91. The SMILES string of the molecule is [C-]#[N+]c1ccnn1-c1cncc(Br)c1. The summed E-state index contributed by atoms with van der Waals surface area (Å²) in [6.07, 6.45) is 4.94. The molecule has 0 aromatic carbocycles. The second kappa shape index (κ2) is 3.60. The minimum atomic E-state index is 0.477. The zero-order valence-corrected chi connectivity index (χ0v) is 8.64. The summed E-state index contributed by atoms with van der Waals surface area (Å²) in [5, 5.41) is 4.04. The molecule has 0 atom stereocenters. The number of pyridine rings is 1. The lowest BCUT2D eigenvalue weighted by atomic mass is 10.4. The normalized spacial score (nSPS) is 9.71. The van der Waals surface area contributed by atoms with E-state index in [1.807, 2.05) is 6.07 Å². The Hall–Kier alpha value is -1.67. The maximum absolute atomic E-state index is 6.94. The van der Waals surface area contributed by atoms with E-state index in [1.54, 1.807) is 29.3 Å². The smallest absolute Gasteiger partial charge is 0.257 e. The number of nitrogens with zero attached hydrogens (tertiary/aromatic N) is 4. The Morgan fingerprint density at radius 1 is 1.43 bits per heavy atom. The summed E-state index contributed by atoms with van der Waals surface area (Å²) in [7, 11) is 0. The molecule has 0 aliphatic heterocycles. The predicted molar refractivity (Wildman–Crippen MR) is 55.3 cm³/mol. The molecule has 0 fully saturated rings. The van der Waals surface area contributed by atoms with Crippen molar-refractivity contribution in [1.82, 2.24) is 14.8 Å². The van der Waals surface area contributed by atoms with E-state index in [0.717, 1.165) is 10.2 Å². The van der Waals surface area contributed by atoms with Crippen LogP contribution in [0.4, 0.5) is 5.82 Å². The number of hydrogen-bond donors (Lipinski definition) is 0. The summed E-state index contributed by atoms with van der Waals surface area (Å²) in [5.74, 6) is 0.477. The van der Waals surface area contributed by atoms with E-state index in [2.05, 4.69) is 30.9 Å². The van der Waals surface area contributed by atoms with Crippen molar-refractivity contribution in [2.45, 2.75) is 0 Å². The highest BCUT2D eigenvalue weighted by Gasteiger charge is 2.06. The summed E-state index contributed by atoms with van der Waals surface area (Å²) < 4.78 is 2.41. The lowest BCUT2D eigenvalue weighted by molar-refractivity contribution is 0.887. The predicted octanol–water partition coefficient (Wildman–Crippen LogP) is 2.58. The third kappa shape index (κ3) is 1.52. The van der Waals surface area contributed by atoms with Gasteiger partial charge in [0.25, 0.3) is 5.82 Å². The van der Waals surface area contributed by atoms with Crippen molar-refractivity contribution in [2.75, 3.05) is 0 Å². The average molecular weight is 249 g/mol. The molecular formula is C9H5BrN4. The molecule has 0 unspecified atom stereocenters. The first-order chi connectivity index (χ1) is 6.81. The highest BCUT2D eigenvalue weighted by molar-refractivity contribution is 9.10. The van der Waals surface area contributed by atoms with Gasteiger partial charge in [0, 0.05) is 16.7 Å². The molecule has 0 aliphatic rings. The lowest BCUT2D eigenvalue weighted by Crippen LogP contribution is -1.95. The average Bonchev–Trinajstić information content (AvgIpc) is 2.65. The van der Waals surface area contributed by atoms with Crippen LogP contribution in [0.5, 0.6) is 0 Å². The van der Waals surface area contributed by atoms with E-state index in [0.29, 0.717) is 5.82 Å². The second-order valence-electron chi connectivity index (χ2n) is 2.57. The fraction of sp³-hybridized carbons (Fsp3) is 0. The van der Waals surface area contributed by atoms with Crippen molar-refractivity contribution in [2.24, 2.45) is 0 Å². The van der Waals surface area contributed by atoms with Gasteiger partial charge in [-0.2, -0.15) is 4.68 Å². The van der Waals surface area contributed by atoms with Crippen molar-refractivity contribution in [3.05, 3.63) is 46.6 Å². The fourth-order valence-corrected chi connectivity index (χ4v) is 1.45. The van der Waals surface area contributed by atoms with Crippen molar-refractivity contribution < 1.29 is 0 Å². The Kier molecular flexibility index (Phi) is 2.29. The highest BCUT2D eigenvalue weighted by atomic mass is 79.9. The summed E-state index contributed by atoms with van der Waals surface area (Å²) in [4.78, 5) is 7.35. The van der Waals surface area contributed by atoms with Crippen LogP contribution in [0.2, 0.25) is 0 Å². The summed E-state index contributed by atoms with van der Waals surface area (Å²) in [6.45, 7) is 6.94. The molecule has 0 spiro atoms. The van der Waals surface area contributed by atoms with Gasteiger partial charge < -0.3 is 4.85 Å². The van der Waals surface area contributed by atoms with Gasteiger partial charge in [0.2, 0.25) is 0 Å². The second-order valence-corrected chi connectivity index (χ2v) is 3.49. The molecular weight excluding hydrogens is 244 g/mol. The van der Waals surface area contributed by atoms with Crippen LogP contribution in [0, 0.1) is 6.57 Å². The van der Waals surface area contributed by atoms with E-state index < -0.39 is 0 Å². The molecule has 0 radical (unpaired) electrons. The van der Waals surface area contributed by atoms with Gasteiger partial charge in [-0.25, -0.2) is 0 Å². The quantitative estimate of drug-likeness (QED) is 0.728. The zero-order valence-electron chi connectivity index (χ0n) is 7.05. The molecule has 2 heterocycles. The van der Waals surface area contributed by atoms with Crippen LogP contribution < -0.4 is 0 Å². The Balaban J connectivity index is 2.56. The Labute approximate surface area is 89.2 Å². The molecule has 0 saturated carbocycles. The number of hydrogen-bond acceptors (Lipinski definition) is 2. The van der Waals surface area contributed by atoms with Gasteiger partial charge in [-0.15, -0.1) is 5.10 Å². The molecule has 2 rings (SSSR count). The first-order valence-corrected chi connectivity index (χ1v) is 4.63. The summed E-state index contributed by atoms with van der Waals surface area (Å²) in [6, 6.07) is 3.52. The molecule has 68 valence electrons. The molecule has 0 amide bonds. The van der Waals surface area contributed by atoms with Crippen LogP contribution in [0.15, 0.2) is 35.2 Å². The van der Waals surface area contributed by atoms with Crippen molar-refractivity contribution in [3.63, 3.8) is 0 Å². The summed E-state index contributed by atoms with van der Waals surface area (Å²) in [5.41, 5.74) is 0.773. The molecule has 0 bridgehead atoms. The van der Waals surface area contributed by atoms with Gasteiger partial charge in [0.1, 0.15) is 0 Å². The third-order valence-corrected chi connectivity index (χ3v) is 2.11. The van der Waals surface area contributed by atoms with Gasteiger partial charge in [-0.1, -0.05) is 6.57 Å². The molecule has 2 aromatic heterocycles. The molecule has 14 heavy (non-hydrogen) atoms. The van der Waals surface area contributed by atoms with E-state index >= 15 is 0 Å². The molecule has 2 aromatic rings. The number of halogens is 1. The van der Waals surface area contributed by atoms with E-state index in [1.165, 1.54) is 0 Å². The topological polar surface area (TPSA) is 35.1 Å². The molecule has 5 heteroatoms. The fourth-order valence-electron chi connectivity index (χ4n) is 1.10. The minimum Gasteiger partial charge on any atom is -0.362 e.